The van der Waals surface area contributed by atoms with E-state index in [9.17, 15) is 0 Å². The van der Waals surface area contributed by atoms with Crippen molar-refractivity contribution < 1.29 is 0 Å². The van der Waals surface area contributed by atoms with Crippen LogP contribution in [-0.4, -0.2) is 9.97 Å². The van der Waals surface area contributed by atoms with Gasteiger partial charge in [-0.15, -0.1) is 0 Å². The topological polar surface area (TPSA) is 51.8 Å². The summed E-state index contributed by atoms with van der Waals surface area (Å²) in [6.07, 6.45) is 3.42. The van der Waals surface area contributed by atoms with Gasteiger partial charge in [0.1, 0.15) is 0 Å². The van der Waals surface area contributed by atoms with Crippen molar-refractivity contribution in [2.75, 3.05) is 5.73 Å². The van der Waals surface area contributed by atoms with E-state index in [1.165, 1.54) is 0 Å². The van der Waals surface area contributed by atoms with E-state index in [0.29, 0.717) is 10.7 Å². The third kappa shape index (κ3) is 1.89. The average molecular weight is 256 g/mol. The standard InChI is InChI=1S/C14H10ClN3/c15-10-3-1-2-9(6-10)13-7-12(16)11-4-5-17-8-14(11)18-13/h1-8H,(H2,16,18). The molecule has 88 valence electrons. The van der Waals surface area contributed by atoms with E-state index in [1.54, 1.807) is 12.4 Å². The molecule has 4 heteroatoms. The zero-order valence-corrected chi connectivity index (χ0v) is 10.2. The summed E-state index contributed by atoms with van der Waals surface area (Å²) < 4.78 is 0. The minimum absolute atomic E-state index is 0.680. The molecule has 0 amide bonds. The fourth-order valence-electron chi connectivity index (χ4n) is 1.90. The minimum atomic E-state index is 0.680. The van der Waals surface area contributed by atoms with Gasteiger partial charge in [0.05, 0.1) is 17.4 Å². The van der Waals surface area contributed by atoms with Crippen molar-refractivity contribution in [3.63, 3.8) is 0 Å². The van der Waals surface area contributed by atoms with Crippen molar-refractivity contribution in [3.8, 4) is 11.3 Å². The van der Waals surface area contributed by atoms with E-state index in [-0.39, 0.29) is 0 Å². The van der Waals surface area contributed by atoms with Gasteiger partial charge < -0.3 is 5.73 Å². The lowest BCUT2D eigenvalue weighted by atomic mass is 10.1. The van der Waals surface area contributed by atoms with E-state index >= 15 is 0 Å². The van der Waals surface area contributed by atoms with Gasteiger partial charge in [-0.2, -0.15) is 0 Å². The summed E-state index contributed by atoms with van der Waals surface area (Å²) in [7, 11) is 0. The Hall–Kier alpha value is -2.13. The van der Waals surface area contributed by atoms with Crippen LogP contribution in [-0.2, 0) is 0 Å². The third-order valence-electron chi connectivity index (χ3n) is 2.76. The Kier molecular flexibility index (Phi) is 2.61. The van der Waals surface area contributed by atoms with Crippen LogP contribution < -0.4 is 5.73 Å². The first kappa shape index (κ1) is 11.0. The Morgan fingerprint density at radius 1 is 1.11 bits per heavy atom. The monoisotopic (exact) mass is 255 g/mol. The number of anilines is 1. The number of hydrogen-bond acceptors (Lipinski definition) is 3. The second kappa shape index (κ2) is 4.27. The number of benzene rings is 1. The van der Waals surface area contributed by atoms with E-state index in [1.807, 2.05) is 36.4 Å². The van der Waals surface area contributed by atoms with Crippen LogP contribution in [0.25, 0.3) is 22.2 Å². The van der Waals surface area contributed by atoms with Gasteiger partial charge in [0.2, 0.25) is 0 Å². The fourth-order valence-corrected chi connectivity index (χ4v) is 2.09. The molecular weight excluding hydrogens is 246 g/mol. The molecule has 3 rings (SSSR count). The van der Waals surface area contributed by atoms with Crippen LogP contribution in [0.4, 0.5) is 5.69 Å². The zero-order valence-electron chi connectivity index (χ0n) is 9.47. The van der Waals surface area contributed by atoms with Gasteiger partial charge in [-0.05, 0) is 24.3 Å². The van der Waals surface area contributed by atoms with Crippen molar-refractivity contribution in [2.24, 2.45) is 0 Å². The molecule has 3 nitrogen and oxygen atoms in total. The van der Waals surface area contributed by atoms with Crippen LogP contribution in [0.3, 0.4) is 0 Å². The number of nitrogens with two attached hydrogens (primary N) is 1. The molecule has 2 heterocycles. The molecule has 0 spiro atoms. The molecule has 0 saturated carbocycles. The van der Waals surface area contributed by atoms with Gasteiger partial charge in [-0.3, -0.25) is 4.98 Å². The van der Waals surface area contributed by atoms with Crippen molar-refractivity contribution in [3.05, 3.63) is 53.8 Å². The number of pyridine rings is 2. The van der Waals surface area contributed by atoms with Crippen LogP contribution >= 0.6 is 11.6 Å². The number of halogens is 1. The molecule has 0 unspecified atom stereocenters. The number of hydrogen-bond donors (Lipinski definition) is 1. The second-order valence-corrected chi connectivity index (χ2v) is 4.44. The number of rotatable bonds is 1. The molecule has 0 atom stereocenters. The first-order valence-electron chi connectivity index (χ1n) is 5.50. The van der Waals surface area contributed by atoms with E-state index in [0.717, 1.165) is 22.2 Å². The third-order valence-corrected chi connectivity index (χ3v) is 3.00. The summed E-state index contributed by atoms with van der Waals surface area (Å²) in [6, 6.07) is 11.3. The van der Waals surface area contributed by atoms with Crippen molar-refractivity contribution in [2.45, 2.75) is 0 Å². The number of nitrogen functional groups attached to an aromatic ring is 1. The van der Waals surface area contributed by atoms with E-state index < -0.39 is 0 Å². The minimum Gasteiger partial charge on any atom is -0.398 e. The molecule has 18 heavy (non-hydrogen) atoms. The molecule has 0 aliphatic rings. The maximum atomic E-state index is 6.03. The predicted molar refractivity (Wildman–Crippen MR) is 74.4 cm³/mol. The fraction of sp³-hybridized carbons (Fsp3) is 0. The van der Waals surface area contributed by atoms with Crippen molar-refractivity contribution >= 4 is 28.2 Å². The maximum absolute atomic E-state index is 6.03. The first-order valence-corrected chi connectivity index (χ1v) is 5.88. The molecule has 1 aromatic carbocycles. The van der Waals surface area contributed by atoms with Gasteiger partial charge >= 0.3 is 0 Å². The smallest absolute Gasteiger partial charge is 0.0913 e. The van der Waals surface area contributed by atoms with Gasteiger partial charge in [0.15, 0.2) is 0 Å². The summed E-state index contributed by atoms with van der Waals surface area (Å²) in [5.74, 6) is 0. The highest BCUT2D eigenvalue weighted by Crippen LogP contribution is 2.27. The number of fused-ring (bicyclic) bond motifs is 1. The van der Waals surface area contributed by atoms with Crippen LogP contribution in [0.5, 0.6) is 0 Å². The lowest BCUT2D eigenvalue weighted by Gasteiger charge is -2.06. The normalized spacial score (nSPS) is 10.7. The highest BCUT2D eigenvalue weighted by atomic mass is 35.5. The summed E-state index contributed by atoms with van der Waals surface area (Å²) in [5.41, 5.74) is 9.25. The lowest BCUT2D eigenvalue weighted by molar-refractivity contribution is 1.31. The quantitative estimate of drug-likeness (QED) is 0.724. The molecule has 0 fully saturated rings. The summed E-state index contributed by atoms with van der Waals surface area (Å²) >= 11 is 5.98. The summed E-state index contributed by atoms with van der Waals surface area (Å²) in [5, 5.41) is 1.59. The summed E-state index contributed by atoms with van der Waals surface area (Å²) in [4.78, 5) is 8.61. The van der Waals surface area contributed by atoms with Gasteiger partial charge in [0.25, 0.3) is 0 Å². The molecule has 0 radical (unpaired) electrons. The Morgan fingerprint density at radius 2 is 2.00 bits per heavy atom. The highest BCUT2D eigenvalue weighted by molar-refractivity contribution is 6.30. The molecule has 3 aromatic rings. The Morgan fingerprint density at radius 3 is 2.83 bits per heavy atom. The van der Waals surface area contributed by atoms with Gasteiger partial charge in [-0.25, -0.2) is 4.98 Å². The van der Waals surface area contributed by atoms with Crippen LogP contribution in [0, 0.1) is 0 Å². The predicted octanol–water partition coefficient (Wildman–Crippen LogP) is 3.53. The molecule has 0 aliphatic carbocycles. The lowest BCUT2D eigenvalue weighted by Crippen LogP contribution is -1.93. The molecule has 2 aromatic heterocycles. The van der Waals surface area contributed by atoms with E-state index in [4.69, 9.17) is 17.3 Å². The summed E-state index contributed by atoms with van der Waals surface area (Å²) in [6.45, 7) is 0. The van der Waals surface area contributed by atoms with Gasteiger partial charge in [0, 0.05) is 27.9 Å². The Balaban J connectivity index is 2.24. The first-order chi connectivity index (χ1) is 8.74. The second-order valence-electron chi connectivity index (χ2n) is 4.00. The number of nitrogens with zero attached hydrogens (tertiary/aromatic N) is 2. The highest BCUT2D eigenvalue weighted by Gasteiger charge is 2.05. The zero-order chi connectivity index (χ0) is 12.5. The molecule has 0 bridgehead atoms. The van der Waals surface area contributed by atoms with Crippen LogP contribution in [0.15, 0.2) is 48.8 Å². The van der Waals surface area contributed by atoms with Crippen molar-refractivity contribution in [1.82, 2.24) is 9.97 Å². The maximum Gasteiger partial charge on any atom is 0.0913 e. The van der Waals surface area contributed by atoms with Crippen LogP contribution in [0.2, 0.25) is 5.02 Å². The van der Waals surface area contributed by atoms with Crippen LogP contribution in [0.1, 0.15) is 0 Å². The Bertz CT molecular complexity index is 725. The van der Waals surface area contributed by atoms with Crippen molar-refractivity contribution in [1.29, 1.82) is 0 Å². The Labute approximate surface area is 109 Å². The molecule has 2 N–H and O–H groups in total. The SMILES string of the molecule is Nc1cc(-c2cccc(Cl)c2)nc2cnccc12. The van der Waals surface area contributed by atoms with E-state index in [2.05, 4.69) is 9.97 Å². The molecule has 0 saturated heterocycles. The average Bonchev–Trinajstić information content (AvgIpc) is 2.39. The largest absolute Gasteiger partial charge is 0.398 e. The number of aromatic nitrogens is 2. The molecule has 0 aliphatic heterocycles. The molecular formula is C14H10ClN3. The van der Waals surface area contributed by atoms with Gasteiger partial charge in [-0.1, -0.05) is 23.7 Å².